The third-order valence-corrected chi connectivity index (χ3v) is 5.58. The molecule has 4 nitrogen and oxygen atoms in total. The molecule has 0 aliphatic heterocycles. The minimum absolute atomic E-state index is 0.403. The monoisotopic (exact) mass is 362 g/mol. The summed E-state index contributed by atoms with van der Waals surface area (Å²) in [6.45, 7) is 8.90. The number of hydrogen-bond donors (Lipinski definition) is 0. The molecule has 0 unspecified atom stereocenters. The van der Waals surface area contributed by atoms with Gasteiger partial charge in [-0.25, -0.2) is 14.6 Å². The summed E-state index contributed by atoms with van der Waals surface area (Å²) in [7, 11) is 0. The molecule has 0 spiro atoms. The van der Waals surface area contributed by atoms with Crippen molar-refractivity contribution in [1.29, 1.82) is 0 Å². The molecule has 2 aromatic heterocycles. The van der Waals surface area contributed by atoms with Crippen LogP contribution in [0.25, 0.3) is 27.3 Å². The fourth-order valence-corrected chi connectivity index (χ4v) is 4.21. The van der Waals surface area contributed by atoms with Crippen LogP contribution in [0.4, 0.5) is 0 Å². The van der Waals surface area contributed by atoms with Gasteiger partial charge in [0, 0.05) is 5.56 Å². The number of thiazole rings is 1. The van der Waals surface area contributed by atoms with Gasteiger partial charge in [-0.1, -0.05) is 52.0 Å². The second-order valence-corrected chi connectivity index (χ2v) is 7.95. The van der Waals surface area contributed by atoms with Gasteiger partial charge in [0.25, 0.3) is 0 Å². The molecular formula is C21H22N4S. The molecule has 4 rings (SSSR count). The van der Waals surface area contributed by atoms with Crippen molar-refractivity contribution < 1.29 is 0 Å². The van der Waals surface area contributed by atoms with Crippen LogP contribution in [0, 0.1) is 0 Å². The Morgan fingerprint density at radius 2 is 1.58 bits per heavy atom. The largest absolute Gasteiger partial charge is 0.245 e. The molecule has 0 saturated heterocycles. The topological polar surface area (TPSA) is 43.6 Å². The average Bonchev–Trinajstić information content (AvgIpc) is 3.29. The molecule has 0 atom stereocenters. The first-order valence-electron chi connectivity index (χ1n) is 8.93. The van der Waals surface area contributed by atoms with Gasteiger partial charge < -0.3 is 0 Å². The molecule has 0 fully saturated rings. The standard InChI is InChI=1S/C21H22N4S/c1-13(2)15-7-5-8-16(14(3)4)19(15)25-21(22-11-24-25)17-9-6-10-18-20(17)26-12-23-18/h5-14H,1-4H3. The normalized spacial score (nSPS) is 11.8. The van der Waals surface area contributed by atoms with Crippen molar-refractivity contribution in [2.45, 2.75) is 39.5 Å². The SMILES string of the molecule is CC(C)c1cccc(C(C)C)c1-n1ncnc1-c1cccc2ncsc12. The lowest BCUT2D eigenvalue weighted by atomic mass is 9.92. The molecule has 0 saturated carbocycles. The van der Waals surface area contributed by atoms with E-state index in [1.807, 2.05) is 22.3 Å². The van der Waals surface area contributed by atoms with Gasteiger partial charge in [0.1, 0.15) is 6.33 Å². The predicted octanol–water partition coefficient (Wildman–Crippen LogP) is 5.79. The highest BCUT2D eigenvalue weighted by Gasteiger charge is 2.20. The summed E-state index contributed by atoms with van der Waals surface area (Å²) in [5, 5.41) is 4.63. The highest BCUT2D eigenvalue weighted by atomic mass is 32.1. The predicted molar refractivity (Wildman–Crippen MR) is 108 cm³/mol. The lowest BCUT2D eigenvalue weighted by molar-refractivity contribution is 0.773. The first kappa shape index (κ1) is 16.9. The van der Waals surface area contributed by atoms with Gasteiger partial charge in [-0.3, -0.25) is 0 Å². The van der Waals surface area contributed by atoms with E-state index in [0.717, 1.165) is 27.3 Å². The fourth-order valence-electron chi connectivity index (χ4n) is 3.41. The first-order chi connectivity index (χ1) is 12.6. The molecule has 0 N–H and O–H groups in total. The maximum atomic E-state index is 4.63. The number of para-hydroxylation sites is 1. The van der Waals surface area contributed by atoms with Crippen molar-refractivity contribution in [3.05, 3.63) is 59.4 Å². The Hall–Kier alpha value is -2.53. The van der Waals surface area contributed by atoms with Crippen molar-refractivity contribution >= 4 is 21.6 Å². The zero-order valence-electron chi connectivity index (χ0n) is 15.5. The van der Waals surface area contributed by atoms with Crippen LogP contribution >= 0.6 is 11.3 Å². The maximum Gasteiger partial charge on any atom is 0.164 e. The van der Waals surface area contributed by atoms with Crippen LogP contribution < -0.4 is 0 Å². The van der Waals surface area contributed by atoms with Gasteiger partial charge in [0.15, 0.2) is 5.82 Å². The Balaban J connectivity index is 2.01. The van der Waals surface area contributed by atoms with Crippen LogP contribution in [-0.2, 0) is 0 Å². The van der Waals surface area contributed by atoms with Crippen LogP contribution in [0.3, 0.4) is 0 Å². The molecule has 0 bridgehead atoms. The van der Waals surface area contributed by atoms with Crippen LogP contribution in [0.2, 0.25) is 0 Å². The summed E-state index contributed by atoms with van der Waals surface area (Å²) in [4.78, 5) is 9.07. The van der Waals surface area contributed by atoms with E-state index in [1.54, 1.807) is 17.7 Å². The van der Waals surface area contributed by atoms with E-state index >= 15 is 0 Å². The summed E-state index contributed by atoms with van der Waals surface area (Å²) in [6, 6.07) is 12.7. The number of nitrogens with zero attached hydrogens (tertiary/aromatic N) is 4. The summed E-state index contributed by atoms with van der Waals surface area (Å²) < 4.78 is 3.16. The van der Waals surface area contributed by atoms with E-state index in [9.17, 15) is 0 Å². The number of rotatable bonds is 4. The van der Waals surface area contributed by atoms with Gasteiger partial charge in [-0.2, -0.15) is 5.10 Å². The Labute approximate surface area is 157 Å². The Morgan fingerprint density at radius 3 is 2.27 bits per heavy atom. The van der Waals surface area contributed by atoms with Crippen molar-refractivity contribution in [1.82, 2.24) is 19.7 Å². The van der Waals surface area contributed by atoms with E-state index in [1.165, 1.54) is 11.1 Å². The second-order valence-electron chi connectivity index (χ2n) is 7.10. The summed E-state index contributed by atoms with van der Waals surface area (Å²) in [6.07, 6.45) is 1.65. The smallest absolute Gasteiger partial charge is 0.164 e. The quantitative estimate of drug-likeness (QED) is 0.461. The van der Waals surface area contributed by atoms with E-state index in [4.69, 9.17) is 0 Å². The minimum atomic E-state index is 0.403. The third kappa shape index (κ3) is 2.72. The molecule has 0 aliphatic rings. The van der Waals surface area contributed by atoms with Crippen molar-refractivity contribution in [3.8, 4) is 17.1 Å². The Kier molecular flexibility index (Phi) is 4.32. The lowest BCUT2D eigenvalue weighted by Crippen LogP contribution is -2.09. The first-order valence-corrected chi connectivity index (χ1v) is 9.81. The van der Waals surface area contributed by atoms with Crippen LogP contribution in [-0.4, -0.2) is 19.7 Å². The zero-order valence-corrected chi connectivity index (χ0v) is 16.3. The van der Waals surface area contributed by atoms with Gasteiger partial charge in [0.2, 0.25) is 0 Å². The number of aromatic nitrogens is 4. The number of hydrogen-bond acceptors (Lipinski definition) is 4. The molecule has 5 heteroatoms. The van der Waals surface area contributed by atoms with E-state index in [-0.39, 0.29) is 0 Å². The number of benzene rings is 2. The van der Waals surface area contributed by atoms with E-state index < -0.39 is 0 Å². The molecular weight excluding hydrogens is 340 g/mol. The second kappa shape index (κ2) is 6.65. The van der Waals surface area contributed by atoms with Crippen molar-refractivity contribution in [3.63, 3.8) is 0 Å². The number of fused-ring (bicyclic) bond motifs is 1. The Bertz CT molecular complexity index is 1030. The Morgan fingerprint density at radius 1 is 0.885 bits per heavy atom. The van der Waals surface area contributed by atoms with Gasteiger partial charge >= 0.3 is 0 Å². The average molecular weight is 363 g/mol. The fraction of sp³-hybridized carbons (Fsp3) is 0.286. The lowest BCUT2D eigenvalue weighted by Gasteiger charge is -2.20. The molecule has 132 valence electrons. The van der Waals surface area contributed by atoms with Crippen LogP contribution in [0.15, 0.2) is 48.2 Å². The van der Waals surface area contributed by atoms with Gasteiger partial charge in [0.05, 0.1) is 21.4 Å². The third-order valence-electron chi connectivity index (χ3n) is 4.70. The maximum absolute atomic E-state index is 4.63. The van der Waals surface area contributed by atoms with Crippen molar-refractivity contribution in [2.24, 2.45) is 0 Å². The van der Waals surface area contributed by atoms with Crippen LogP contribution in [0.1, 0.15) is 50.7 Å². The molecule has 0 aliphatic carbocycles. The summed E-state index contributed by atoms with van der Waals surface area (Å²) >= 11 is 1.64. The van der Waals surface area contributed by atoms with Crippen molar-refractivity contribution in [2.75, 3.05) is 0 Å². The van der Waals surface area contributed by atoms with Gasteiger partial charge in [-0.15, -0.1) is 11.3 Å². The highest BCUT2D eigenvalue weighted by molar-refractivity contribution is 7.17. The van der Waals surface area contributed by atoms with E-state index in [2.05, 4.69) is 67.0 Å². The molecule has 2 heterocycles. The summed E-state index contributed by atoms with van der Waals surface area (Å²) in [5.74, 6) is 1.68. The summed E-state index contributed by atoms with van der Waals surface area (Å²) in [5.41, 5.74) is 7.71. The molecule has 4 aromatic rings. The molecule has 2 aromatic carbocycles. The zero-order chi connectivity index (χ0) is 18.3. The highest BCUT2D eigenvalue weighted by Crippen LogP contribution is 2.35. The van der Waals surface area contributed by atoms with Gasteiger partial charge in [-0.05, 0) is 35.1 Å². The van der Waals surface area contributed by atoms with E-state index in [0.29, 0.717) is 11.8 Å². The minimum Gasteiger partial charge on any atom is -0.245 e. The molecule has 0 radical (unpaired) electrons. The van der Waals surface area contributed by atoms with Crippen LogP contribution in [0.5, 0.6) is 0 Å². The molecule has 0 amide bonds. The molecule has 26 heavy (non-hydrogen) atoms.